The molecule has 0 radical (unpaired) electrons. The third kappa shape index (κ3) is 5.79. The second-order valence-corrected chi connectivity index (χ2v) is 4.09. The minimum Gasteiger partial charge on any atom is -0.469 e. The Morgan fingerprint density at radius 1 is 1.10 bits per heavy atom. The van der Waals surface area contributed by atoms with E-state index in [1.807, 2.05) is 0 Å². The van der Waals surface area contributed by atoms with Crippen LogP contribution in [0.1, 0.15) is 13.3 Å². The van der Waals surface area contributed by atoms with E-state index in [2.05, 4.69) is 20.1 Å². The van der Waals surface area contributed by atoms with E-state index in [4.69, 9.17) is 0 Å². The van der Waals surface area contributed by atoms with Crippen molar-refractivity contribution in [3.63, 3.8) is 0 Å². The highest BCUT2D eigenvalue weighted by atomic mass is 16.5. The first kappa shape index (κ1) is 18.0. The number of carbonyl (C=O) groups excluding carboxylic acids is 4. The Bertz CT molecular complexity index is 382. The molecule has 0 aliphatic heterocycles. The van der Waals surface area contributed by atoms with Gasteiger partial charge in [0, 0.05) is 6.54 Å². The zero-order chi connectivity index (χ0) is 15.7. The van der Waals surface area contributed by atoms with E-state index in [1.54, 1.807) is 7.05 Å². The van der Waals surface area contributed by atoms with Crippen LogP contribution in [0, 0.1) is 5.92 Å². The number of ketones is 1. The number of amides is 1. The Morgan fingerprint density at radius 3 is 2.10 bits per heavy atom. The molecule has 20 heavy (non-hydrogen) atoms. The Labute approximate surface area is 117 Å². The number of nitrogens with one attached hydrogen (secondary N) is 2. The lowest BCUT2D eigenvalue weighted by Crippen LogP contribution is -2.48. The summed E-state index contributed by atoms with van der Waals surface area (Å²) in [7, 11) is 3.91. The molecule has 0 saturated carbocycles. The van der Waals surface area contributed by atoms with Gasteiger partial charge in [-0.15, -0.1) is 0 Å². The number of methoxy groups -OCH3 is 2. The normalized spacial score (nSPS) is 13.0. The van der Waals surface area contributed by atoms with Crippen molar-refractivity contribution >= 4 is 23.6 Å². The maximum atomic E-state index is 12.0. The molecule has 0 aliphatic carbocycles. The summed E-state index contributed by atoms with van der Waals surface area (Å²) in [6.45, 7) is 1.29. The van der Waals surface area contributed by atoms with Crippen molar-refractivity contribution in [1.82, 2.24) is 10.6 Å². The first-order valence-corrected chi connectivity index (χ1v) is 5.97. The van der Waals surface area contributed by atoms with Gasteiger partial charge in [0.05, 0.1) is 26.7 Å². The van der Waals surface area contributed by atoms with Gasteiger partial charge in [0.2, 0.25) is 5.91 Å². The Hall–Kier alpha value is -1.96. The summed E-state index contributed by atoms with van der Waals surface area (Å²) in [6.07, 6.45) is -0.287. The van der Waals surface area contributed by atoms with Crippen LogP contribution in [-0.4, -0.2) is 57.5 Å². The fourth-order valence-electron chi connectivity index (χ4n) is 1.45. The minimum atomic E-state index is -1.09. The van der Waals surface area contributed by atoms with Gasteiger partial charge in [-0.3, -0.25) is 19.2 Å². The summed E-state index contributed by atoms with van der Waals surface area (Å²) < 4.78 is 8.96. The van der Waals surface area contributed by atoms with Crippen LogP contribution in [0.4, 0.5) is 0 Å². The van der Waals surface area contributed by atoms with E-state index < -0.39 is 35.6 Å². The van der Waals surface area contributed by atoms with E-state index in [-0.39, 0.29) is 13.0 Å². The van der Waals surface area contributed by atoms with Gasteiger partial charge in [-0.05, 0) is 14.0 Å². The molecule has 0 rings (SSSR count). The minimum absolute atomic E-state index is 0.0569. The molecule has 114 valence electrons. The highest BCUT2D eigenvalue weighted by molar-refractivity contribution is 6.00. The molecule has 8 nitrogen and oxygen atoms in total. The number of rotatable bonds is 8. The van der Waals surface area contributed by atoms with Crippen molar-refractivity contribution in [2.45, 2.75) is 19.4 Å². The molecule has 2 N–H and O–H groups in total. The predicted octanol–water partition coefficient (Wildman–Crippen LogP) is -1.37. The summed E-state index contributed by atoms with van der Waals surface area (Å²) >= 11 is 0. The SMILES string of the molecule is CNCC(C(=O)NC(CC(=O)OC)C(C)=O)C(=O)OC. The monoisotopic (exact) mass is 288 g/mol. The van der Waals surface area contributed by atoms with E-state index in [1.165, 1.54) is 14.0 Å². The Balaban J connectivity index is 4.82. The average Bonchev–Trinajstić information content (AvgIpc) is 2.42. The second kappa shape index (κ2) is 9.03. The van der Waals surface area contributed by atoms with Crippen molar-refractivity contribution in [2.24, 2.45) is 5.92 Å². The van der Waals surface area contributed by atoms with Crippen molar-refractivity contribution in [1.29, 1.82) is 0 Å². The van der Waals surface area contributed by atoms with Gasteiger partial charge < -0.3 is 20.1 Å². The molecule has 0 saturated heterocycles. The van der Waals surface area contributed by atoms with Gasteiger partial charge in [-0.25, -0.2) is 0 Å². The molecule has 0 heterocycles. The number of Topliss-reactive ketones (excluding diaryl/α,β-unsaturated/α-hetero) is 1. The highest BCUT2D eigenvalue weighted by Gasteiger charge is 2.30. The number of esters is 2. The quantitative estimate of drug-likeness (QED) is 0.419. The van der Waals surface area contributed by atoms with Crippen LogP contribution in [0.25, 0.3) is 0 Å². The van der Waals surface area contributed by atoms with E-state index in [9.17, 15) is 19.2 Å². The van der Waals surface area contributed by atoms with E-state index in [0.29, 0.717) is 0 Å². The Kier molecular flexibility index (Phi) is 8.14. The Morgan fingerprint density at radius 2 is 1.70 bits per heavy atom. The predicted molar refractivity (Wildman–Crippen MR) is 68.7 cm³/mol. The lowest BCUT2D eigenvalue weighted by Gasteiger charge is -2.19. The number of hydrogen-bond acceptors (Lipinski definition) is 7. The summed E-state index contributed by atoms with van der Waals surface area (Å²) in [5.74, 6) is -3.54. The van der Waals surface area contributed by atoms with Crippen LogP contribution in [0.15, 0.2) is 0 Å². The van der Waals surface area contributed by atoms with Gasteiger partial charge in [-0.1, -0.05) is 0 Å². The zero-order valence-corrected chi connectivity index (χ0v) is 12.0. The fraction of sp³-hybridized carbons (Fsp3) is 0.667. The van der Waals surface area contributed by atoms with E-state index in [0.717, 1.165) is 7.11 Å². The van der Waals surface area contributed by atoms with Crippen molar-refractivity contribution < 1.29 is 28.7 Å². The highest BCUT2D eigenvalue weighted by Crippen LogP contribution is 2.03. The molecule has 0 bridgehead atoms. The molecule has 0 aromatic heterocycles. The molecule has 0 spiro atoms. The largest absolute Gasteiger partial charge is 0.469 e. The first-order chi connectivity index (χ1) is 9.37. The van der Waals surface area contributed by atoms with Crippen LogP contribution < -0.4 is 10.6 Å². The zero-order valence-electron chi connectivity index (χ0n) is 12.0. The maximum absolute atomic E-state index is 12.0. The first-order valence-electron chi connectivity index (χ1n) is 5.97. The lowest BCUT2D eigenvalue weighted by atomic mass is 10.1. The van der Waals surface area contributed by atoms with Crippen molar-refractivity contribution in [3.8, 4) is 0 Å². The van der Waals surface area contributed by atoms with Crippen molar-refractivity contribution in [2.75, 3.05) is 27.8 Å². The molecule has 0 aromatic carbocycles. The van der Waals surface area contributed by atoms with Gasteiger partial charge in [-0.2, -0.15) is 0 Å². The molecule has 0 aliphatic rings. The smallest absolute Gasteiger partial charge is 0.319 e. The molecular weight excluding hydrogens is 268 g/mol. The maximum Gasteiger partial charge on any atom is 0.319 e. The molecule has 2 unspecified atom stereocenters. The second-order valence-electron chi connectivity index (χ2n) is 4.09. The van der Waals surface area contributed by atoms with Crippen molar-refractivity contribution in [3.05, 3.63) is 0 Å². The molecular formula is C12H20N2O6. The van der Waals surface area contributed by atoms with Crippen LogP contribution in [0.5, 0.6) is 0 Å². The molecule has 0 fully saturated rings. The van der Waals surface area contributed by atoms with Crippen LogP contribution in [0.3, 0.4) is 0 Å². The lowest BCUT2D eigenvalue weighted by molar-refractivity contribution is -0.150. The van der Waals surface area contributed by atoms with Gasteiger partial charge >= 0.3 is 11.9 Å². The van der Waals surface area contributed by atoms with Gasteiger partial charge in [0.15, 0.2) is 5.78 Å². The summed E-state index contributed by atoms with van der Waals surface area (Å²) in [5.41, 5.74) is 0. The summed E-state index contributed by atoms with van der Waals surface area (Å²) in [6, 6.07) is -1.03. The van der Waals surface area contributed by atoms with Gasteiger partial charge in [0.1, 0.15) is 5.92 Å². The van der Waals surface area contributed by atoms with E-state index >= 15 is 0 Å². The number of hydrogen-bond donors (Lipinski definition) is 2. The van der Waals surface area contributed by atoms with Gasteiger partial charge in [0.25, 0.3) is 0 Å². The van der Waals surface area contributed by atoms with Crippen LogP contribution >= 0.6 is 0 Å². The fourth-order valence-corrected chi connectivity index (χ4v) is 1.45. The average molecular weight is 288 g/mol. The molecule has 1 amide bonds. The number of carbonyl (C=O) groups is 4. The van der Waals surface area contributed by atoms with Crippen LogP contribution in [0.2, 0.25) is 0 Å². The van der Waals surface area contributed by atoms with Crippen LogP contribution in [-0.2, 0) is 28.7 Å². The third-order valence-electron chi connectivity index (χ3n) is 2.62. The molecule has 0 aromatic rings. The summed E-state index contributed by atoms with van der Waals surface area (Å²) in [4.78, 5) is 46.0. The third-order valence-corrected chi connectivity index (χ3v) is 2.62. The summed E-state index contributed by atoms with van der Waals surface area (Å²) in [5, 5.41) is 5.03. The molecule has 2 atom stereocenters. The number of ether oxygens (including phenoxy) is 2. The standard InChI is InChI=1S/C12H20N2O6/c1-7(15)9(5-10(16)19-3)14-11(17)8(6-13-2)12(18)20-4/h8-9,13H,5-6H2,1-4H3,(H,14,17). The topological polar surface area (TPSA) is 111 Å². The molecule has 8 heteroatoms.